The zero-order valence-corrected chi connectivity index (χ0v) is 19.9. The molecule has 2 aromatic carbocycles. The SMILES string of the molecule is COc1cc(/C=C(\F)c2nc3n(n2)CCCCC3)ccc1-n1cnc(C)c1.Fc1cccc(F)c1F. The van der Waals surface area contributed by atoms with Crippen LogP contribution in [0.2, 0.25) is 0 Å². The zero-order valence-electron chi connectivity index (χ0n) is 19.9. The van der Waals surface area contributed by atoms with Gasteiger partial charge in [-0.3, -0.25) is 0 Å². The van der Waals surface area contributed by atoms with Gasteiger partial charge in [0.15, 0.2) is 23.3 Å². The van der Waals surface area contributed by atoms with Crippen molar-refractivity contribution in [2.45, 2.75) is 39.2 Å². The third kappa shape index (κ3) is 5.81. The summed E-state index contributed by atoms with van der Waals surface area (Å²) in [6.45, 7) is 2.73. The van der Waals surface area contributed by atoms with E-state index >= 15 is 0 Å². The van der Waals surface area contributed by atoms with E-state index in [2.05, 4.69) is 15.1 Å². The van der Waals surface area contributed by atoms with E-state index in [-0.39, 0.29) is 5.82 Å². The van der Waals surface area contributed by atoms with E-state index in [9.17, 15) is 17.6 Å². The van der Waals surface area contributed by atoms with Crippen LogP contribution in [0.4, 0.5) is 17.6 Å². The van der Waals surface area contributed by atoms with Crippen LogP contribution in [-0.4, -0.2) is 31.4 Å². The van der Waals surface area contributed by atoms with Gasteiger partial charge in [0.05, 0.1) is 24.8 Å². The molecule has 0 atom stereocenters. The maximum atomic E-state index is 14.7. The fraction of sp³-hybridized carbons (Fsp3) is 0.269. The fourth-order valence-corrected chi connectivity index (χ4v) is 3.80. The van der Waals surface area contributed by atoms with Gasteiger partial charge in [-0.1, -0.05) is 18.6 Å². The number of hydrogen-bond donors (Lipinski definition) is 0. The van der Waals surface area contributed by atoms with Crippen LogP contribution in [0.5, 0.6) is 5.75 Å². The van der Waals surface area contributed by atoms with Crippen molar-refractivity contribution in [3.63, 3.8) is 0 Å². The molecule has 188 valence electrons. The molecule has 0 saturated heterocycles. The number of aryl methyl sites for hydroxylation is 3. The predicted octanol–water partition coefficient (Wildman–Crippen LogP) is 6.08. The second kappa shape index (κ2) is 11.2. The Kier molecular flexibility index (Phi) is 7.82. The minimum absolute atomic E-state index is 0.153. The summed E-state index contributed by atoms with van der Waals surface area (Å²) in [6, 6.07) is 8.35. The molecule has 1 aliphatic heterocycles. The van der Waals surface area contributed by atoms with Gasteiger partial charge in [-0.15, -0.1) is 5.10 Å². The molecule has 5 rings (SSSR count). The maximum Gasteiger partial charge on any atom is 0.210 e. The first-order chi connectivity index (χ1) is 17.4. The number of nitrogens with zero attached hydrogens (tertiary/aromatic N) is 5. The number of benzene rings is 2. The number of aromatic nitrogens is 5. The molecule has 0 fully saturated rings. The summed E-state index contributed by atoms with van der Waals surface area (Å²) < 4.78 is 59.8. The Labute approximate surface area is 205 Å². The third-order valence-corrected chi connectivity index (χ3v) is 5.62. The van der Waals surface area contributed by atoms with Crippen LogP contribution in [0.1, 0.15) is 42.2 Å². The van der Waals surface area contributed by atoms with Crippen LogP contribution in [0.15, 0.2) is 48.9 Å². The molecule has 0 radical (unpaired) electrons. The lowest BCUT2D eigenvalue weighted by molar-refractivity contribution is 0.413. The van der Waals surface area contributed by atoms with Gasteiger partial charge in [-0.25, -0.2) is 32.2 Å². The van der Waals surface area contributed by atoms with Crippen LogP contribution in [0.3, 0.4) is 0 Å². The van der Waals surface area contributed by atoms with E-state index < -0.39 is 23.3 Å². The van der Waals surface area contributed by atoms with Gasteiger partial charge in [-0.2, -0.15) is 0 Å². The lowest BCUT2D eigenvalue weighted by Crippen LogP contribution is -2.02. The average Bonchev–Trinajstić information content (AvgIpc) is 3.42. The van der Waals surface area contributed by atoms with Crippen LogP contribution in [0.25, 0.3) is 17.6 Å². The van der Waals surface area contributed by atoms with E-state index in [0.717, 1.165) is 61.2 Å². The summed E-state index contributed by atoms with van der Waals surface area (Å²) in [5.41, 5.74) is 2.45. The molecule has 0 saturated carbocycles. The highest BCUT2D eigenvalue weighted by molar-refractivity contribution is 5.75. The van der Waals surface area contributed by atoms with Crippen molar-refractivity contribution >= 4 is 11.9 Å². The van der Waals surface area contributed by atoms with Gasteiger partial charge in [0, 0.05) is 19.2 Å². The van der Waals surface area contributed by atoms with Crippen molar-refractivity contribution in [1.82, 2.24) is 24.3 Å². The highest BCUT2D eigenvalue weighted by Crippen LogP contribution is 2.27. The first-order valence-corrected chi connectivity index (χ1v) is 11.5. The molecule has 10 heteroatoms. The van der Waals surface area contributed by atoms with Gasteiger partial charge >= 0.3 is 0 Å². The van der Waals surface area contributed by atoms with Gasteiger partial charge in [-0.05, 0) is 55.7 Å². The smallest absolute Gasteiger partial charge is 0.210 e. The molecule has 3 heterocycles. The minimum atomic E-state index is -1.42. The molecule has 4 aromatic rings. The Bertz CT molecular complexity index is 1330. The Morgan fingerprint density at radius 2 is 1.83 bits per heavy atom. The monoisotopic (exact) mass is 499 g/mol. The molecule has 0 spiro atoms. The van der Waals surface area contributed by atoms with Crippen molar-refractivity contribution in [3.05, 3.63) is 89.3 Å². The van der Waals surface area contributed by atoms with Gasteiger partial charge in [0.25, 0.3) is 0 Å². The summed E-state index contributed by atoms with van der Waals surface area (Å²) >= 11 is 0. The van der Waals surface area contributed by atoms with Gasteiger partial charge in [0.1, 0.15) is 11.6 Å². The van der Waals surface area contributed by atoms with E-state index in [1.54, 1.807) is 19.5 Å². The molecule has 0 N–H and O–H groups in total. The molecule has 0 aliphatic carbocycles. The number of halogens is 4. The standard InChI is InChI=1S/C20H22FN5O.C6H3F3/c1-14-12-25(13-22-14)17-8-7-15(11-18(17)27-2)10-16(21)20-23-19-6-4-3-5-9-26(19)24-20;7-4-2-1-3-5(8)6(4)9/h7-8,10-13H,3-6,9H2,1-2H3;1-3H/b16-10-;. The molecule has 36 heavy (non-hydrogen) atoms. The first kappa shape index (κ1) is 25.2. The molecule has 2 aromatic heterocycles. The minimum Gasteiger partial charge on any atom is -0.495 e. The highest BCUT2D eigenvalue weighted by Gasteiger charge is 2.16. The third-order valence-electron chi connectivity index (χ3n) is 5.62. The van der Waals surface area contributed by atoms with Gasteiger partial charge < -0.3 is 9.30 Å². The van der Waals surface area contributed by atoms with Crippen molar-refractivity contribution in [2.75, 3.05) is 7.11 Å². The van der Waals surface area contributed by atoms with Crippen LogP contribution >= 0.6 is 0 Å². The number of methoxy groups -OCH3 is 1. The van der Waals surface area contributed by atoms with Gasteiger partial charge in [0.2, 0.25) is 5.82 Å². The van der Waals surface area contributed by atoms with Crippen LogP contribution in [-0.2, 0) is 13.0 Å². The van der Waals surface area contributed by atoms with Crippen molar-refractivity contribution in [2.24, 2.45) is 0 Å². The number of hydrogen-bond acceptors (Lipinski definition) is 4. The predicted molar refractivity (Wildman–Crippen MR) is 128 cm³/mol. The summed E-state index contributed by atoms with van der Waals surface area (Å²) in [5, 5.41) is 4.34. The number of imidazole rings is 1. The molecule has 0 unspecified atom stereocenters. The largest absolute Gasteiger partial charge is 0.495 e. The Morgan fingerprint density at radius 3 is 2.50 bits per heavy atom. The van der Waals surface area contributed by atoms with Crippen molar-refractivity contribution in [3.8, 4) is 11.4 Å². The Hall–Kier alpha value is -3.95. The number of rotatable bonds is 4. The van der Waals surface area contributed by atoms with Crippen molar-refractivity contribution < 1.29 is 22.3 Å². The number of fused-ring (bicyclic) bond motifs is 1. The first-order valence-electron chi connectivity index (χ1n) is 11.5. The summed E-state index contributed by atoms with van der Waals surface area (Å²) in [6.07, 6.45) is 9.25. The lowest BCUT2D eigenvalue weighted by Gasteiger charge is -2.10. The molecule has 0 amide bonds. The summed E-state index contributed by atoms with van der Waals surface area (Å²) in [4.78, 5) is 8.62. The fourth-order valence-electron chi connectivity index (χ4n) is 3.80. The van der Waals surface area contributed by atoms with Crippen LogP contribution in [0, 0.1) is 24.4 Å². The highest BCUT2D eigenvalue weighted by atomic mass is 19.2. The number of ether oxygens (including phenoxy) is 1. The summed E-state index contributed by atoms with van der Waals surface area (Å²) in [5.74, 6) is -2.51. The summed E-state index contributed by atoms with van der Waals surface area (Å²) in [7, 11) is 1.60. The lowest BCUT2D eigenvalue weighted by atomic mass is 10.1. The van der Waals surface area contributed by atoms with Crippen molar-refractivity contribution in [1.29, 1.82) is 0 Å². The van der Waals surface area contributed by atoms with E-state index in [1.807, 2.05) is 34.5 Å². The molecule has 6 nitrogen and oxygen atoms in total. The average molecular weight is 500 g/mol. The normalized spacial score (nSPS) is 13.4. The van der Waals surface area contributed by atoms with E-state index in [1.165, 1.54) is 12.5 Å². The second-order valence-electron chi connectivity index (χ2n) is 8.27. The molecular weight excluding hydrogens is 474 g/mol. The maximum absolute atomic E-state index is 14.7. The zero-order chi connectivity index (χ0) is 25.7. The van der Waals surface area contributed by atoms with E-state index in [0.29, 0.717) is 11.3 Å². The second-order valence-corrected chi connectivity index (χ2v) is 8.27. The molecule has 0 bridgehead atoms. The Balaban J connectivity index is 0.000000286. The van der Waals surface area contributed by atoms with Crippen LogP contribution < -0.4 is 4.74 Å². The molecular formula is C26H25F4N5O. The van der Waals surface area contributed by atoms with E-state index in [4.69, 9.17) is 4.74 Å². The molecule has 1 aliphatic rings. The quantitative estimate of drug-likeness (QED) is 0.252. The Morgan fingerprint density at radius 1 is 1.06 bits per heavy atom. The topological polar surface area (TPSA) is 57.8 Å².